The fourth-order valence-corrected chi connectivity index (χ4v) is 3.58. The molecule has 0 bridgehead atoms. The van der Waals surface area contributed by atoms with Crippen molar-refractivity contribution >= 4 is 23.8 Å². The maximum absolute atomic E-state index is 13.9. The maximum Gasteiger partial charge on any atom is 0.373 e. The summed E-state index contributed by atoms with van der Waals surface area (Å²) < 4.78 is 27.2. The average molecular weight is 523 g/mol. The number of nitro benzene ring substituents is 2. The molecule has 0 N–H and O–H groups in total. The molecule has 1 heterocycles. The number of halogens is 2. The van der Waals surface area contributed by atoms with E-state index < -0.39 is 32.9 Å². The number of piperazine rings is 1. The van der Waals surface area contributed by atoms with E-state index in [2.05, 4.69) is 16.8 Å². The Morgan fingerprint density at radius 1 is 0.892 bits per heavy atom. The van der Waals surface area contributed by atoms with Crippen LogP contribution in [0, 0.1) is 31.9 Å². The molecule has 0 spiro atoms. The van der Waals surface area contributed by atoms with Crippen molar-refractivity contribution in [3.8, 4) is 0 Å². The molecule has 0 aliphatic carbocycles. The number of hydrogen-bond donors (Lipinski definition) is 0. The number of hydrogen-bond acceptors (Lipinski definition) is 9. The summed E-state index contributed by atoms with van der Waals surface area (Å²) in [5.74, 6) is -1.53. The van der Waals surface area contributed by atoms with Crippen LogP contribution in [0.25, 0.3) is 0 Å². The first-order valence-corrected chi connectivity index (χ1v) is 11.3. The van der Waals surface area contributed by atoms with Crippen LogP contribution in [-0.4, -0.2) is 71.9 Å². The zero-order valence-electron chi connectivity index (χ0n) is 20.3. The Balaban J connectivity index is 0.000000352. The van der Waals surface area contributed by atoms with E-state index in [-0.39, 0.29) is 24.6 Å². The van der Waals surface area contributed by atoms with Gasteiger partial charge in [0.1, 0.15) is 6.29 Å². The van der Waals surface area contributed by atoms with Crippen molar-refractivity contribution in [1.82, 2.24) is 9.80 Å². The highest BCUT2D eigenvalue weighted by Crippen LogP contribution is 2.22. The number of nitrogens with zero attached hydrogens (tertiary/aromatic N) is 4. The molecule has 1 fully saturated rings. The summed E-state index contributed by atoms with van der Waals surface area (Å²) in [7, 11) is 2.11. The lowest BCUT2D eigenvalue weighted by atomic mass is 10.1. The van der Waals surface area contributed by atoms with Crippen LogP contribution in [0.5, 0.6) is 0 Å². The van der Waals surface area contributed by atoms with Crippen LogP contribution in [0.1, 0.15) is 24.0 Å². The molecule has 2 aromatic rings. The number of nitro groups is 2. The molecular formula is C24H28F2N4O7. The van der Waals surface area contributed by atoms with Crippen LogP contribution < -0.4 is 0 Å². The molecule has 1 aliphatic heterocycles. The molecule has 37 heavy (non-hydrogen) atoms. The molecule has 13 heteroatoms. The minimum atomic E-state index is -0.848. The minimum absolute atomic E-state index is 0.165. The lowest BCUT2D eigenvalue weighted by Crippen LogP contribution is -2.44. The van der Waals surface area contributed by atoms with E-state index in [1.807, 2.05) is 0 Å². The second-order valence-corrected chi connectivity index (χ2v) is 8.05. The Hall–Kier alpha value is -3.93. The third-order valence-electron chi connectivity index (χ3n) is 5.56. The average Bonchev–Trinajstić information content (AvgIpc) is 2.86. The molecule has 3 rings (SSSR count). The number of rotatable bonds is 9. The molecule has 200 valence electrons. The highest BCUT2D eigenvalue weighted by atomic mass is 19.1. The topological polar surface area (TPSA) is 144 Å². The van der Waals surface area contributed by atoms with Crippen molar-refractivity contribution in [3.05, 3.63) is 79.4 Å². The van der Waals surface area contributed by atoms with Gasteiger partial charge in [0.25, 0.3) is 0 Å². The lowest BCUT2D eigenvalue weighted by molar-refractivity contribution is -0.387. The van der Waals surface area contributed by atoms with Gasteiger partial charge < -0.3 is 14.6 Å². The van der Waals surface area contributed by atoms with Gasteiger partial charge in [-0.2, -0.15) is 18.4 Å². The van der Waals surface area contributed by atoms with Crippen molar-refractivity contribution in [2.45, 2.75) is 25.7 Å². The third-order valence-corrected chi connectivity index (χ3v) is 5.56. The molecule has 0 atom stereocenters. The summed E-state index contributed by atoms with van der Waals surface area (Å²) in [4.78, 5) is 50.5. The van der Waals surface area contributed by atoms with Crippen molar-refractivity contribution in [2.75, 3.05) is 39.8 Å². The Morgan fingerprint density at radius 2 is 1.35 bits per heavy atom. The van der Waals surface area contributed by atoms with E-state index in [1.54, 1.807) is 12.1 Å². The van der Waals surface area contributed by atoms with Gasteiger partial charge in [0, 0.05) is 44.7 Å². The molecule has 0 saturated carbocycles. The van der Waals surface area contributed by atoms with Crippen molar-refractivity contribution < 1.29 is 33.0 Å². The Morgan fingerprint density at radius 3 is 1.78 bits per heavy atom. The number of carbonyl (C=O) groups excluding carboxylic acids is 3. The van der Waals surface area contributed by atoms with Crippen molar-refractivity contribution in [3.63, 3.8) is 0 Å². The number of aldehydes is 1. The molecule has 0 unspecified atom stereocenters. The van der Waals surface area contributed by atoms with Crippen LogP contribution >= 0.6 is 0 Å². The van der Waals surface area contributed by atoms with Crippen LogP contribution in [0.3, 0.4) is 0 Å². The molecule has 0 aromatic heterocycles. The fourth-order valence-electron chi connectivity index (χ4n) is 3.58. The van der Waals surface area contributed by atoms with Gasteiger partial charge in [0.2, 0.25) is 11.6 Å². The zero-order valence-corrected chi connectivity index (χ0v) is 20.3. The van der Waals surface area contributed by atoms with Crippen LogP contribution in [0.4, 0.5) is 20.2 Å². The van der Waals surface area contributed by atoms with Crippen molar-refractivity contribution in [1.29, 1.82) is 0 Å². The van der Waals surface area contributed by atoms with E-state index in [1.165, 1.54) is 18.2 Å². The summed E-state index contributed by atoms with van der Waals surface area (Å²) in [5.41, 5.74) is -0.338. The van der Waals surface area contributed by atoms with E-state index in [4.69, 9.17) is 9.59 Å². The normalized spacial score (nSPS) is 13.3. The van der Waals surface area contributed by atoms with Gasteiger partial charge in [-0.3, -0.25) is 20.2 Å². The molecule has 0 amide bonds. The van der Waals surface area contributed by atoms with Gasteiger partial charge in [0.15, 0.2) is 0 Å². The minimum Gasteiger partial charge on any atom is -0.304 e. The molecule has 11 nitrogen and oxygen atoms in total. The van der Waals surface area contributed by atoms with E-state index in [0.717, 1.165) is 45.2 Å². The smallest absolute Gasteiger partial charge is 0.304 e. The number of aryl methyl sites for hydroxylation is 2. The van der Waals surface area contributed by atoms with Crippen LogP contribution in [0.2, 0.25) is 0 Å². The Bertz CT molecular complexity index is 1090. The first-order valence-electron chi connectivity index (χ1n) is 11.3. The number of carbonyl (C=O) groups is 1. The molecule has 1 saturated heterocycles. The molecular weight excluding hydrogens is 494 g/mol. The maximum atomic E-state index is 13.9. The molecule has 1 aliphatic rings. The third kappa shape index (κ3) is 10.7. The van der Waals surface area contributed by atoms with E-state index in [9.17, 15) is 33.8 Å². The second kappa shape index (κ2) is 16.7. The fraction of sp³-hybridized carbons (Fsp3) is 0.417. The largest absolute Gasteiger partial charge is 0.373 e. The predicted molar refractivity (Wildman–Crippen MR) is 128 cm³/mol. The predicted octanol–water partition coefficient (Wildman–Crippen LogP) is 3.20. The van der Waals surface area contributed by atoms with E-state index in [0.29, 0.717) is 18.3 Å². The Labute approximate surface area is 212 Å². The van der Waals surface area contributed by atoms with E-state index >= 15 is 0 Å². The number of likely N-dealkylation sites (N-methyl/N-ethyl adjacent to an activating group) is 1. The molecule has 0 radical (unpaired) electrons. The standard InChI is InChI=1S/C14H20FN3O2.C9H8FNO3.CO2/c1-16-8-10-17(11-9-16)7-3-5-12-4-2-6-13(14(12)15)18(19)20;10-9-7(4-2-6-12)3-1-5-8(9)11(13)14;2-1-3/h2,4,6H,3,5,7-11H2,1H3;1,3,5-6H,2,4H2;. The monoisotopic (exact) mass is 522 g/mol. The summed E-state index contributed by atoms with van der Waals surface area (Å²) in [6.07, 6.45) is 2.62. The summed E-state index contributed by atoms with van der Waals surface area (Å²) >= 11 is 0. The van der Waals surface area contributed by atoms with Gasteiger partial charge in [-0.15, -0.1) is 0 Å². The highest BCUT2D eigenvalue weighted by Gasteiger charge is 2.18. The second-order valence-electron chi connectivity index (χ2n) is 8.05. The van der Waals surface area contributed by atoms with Crippen LogP contribution in [0.15, 0.2) is 36.4 Å². The molecule has 2 aromatic carbocycles. The highest BCUT2D eigenvalue weighted by molar-refractivity contribution is 5.50. The summed E-state index contributed by atoms with van der Waals surface area (Å²) in [5, 5.41) is 21.0. The van der Waals surface area contributed by atoms with Crippen molar-refractivity contribution in [2.24, 2.45) is 0 Å². The lowest BCUT2D eigenvalue weighted by Gasteiger charge is -2.32. The summed E-state index contributed by atoms with van der Waals surface area (Å²) in [6, 6.07) is 8.32. The Kier molecular flexibility index (Phi) is 14.0. The van der Waals surface area contributed by atoms with Gasteiger partial charge in [-0.25, -0.2) is 0 Å². The SMILES string of the molecule is CN1CCN(CCCc2cccc([N+](=O)[O-])c2F)CC1.O=C=O.O=CCCc1cccc([N+](=O)[O-])c1F. The van der Waals surface area contributed by atoms with Gasteiger partial charge in [0.05, 0.1) is 9.85 Å². The van der Waals surface area contributed by atoms with Crippen LogP contribution in [-0.2, 0) is 27.2 Å². The zero-order chi connectivity index (χ0) is 27.8. The van der Waals surface area contributed by atoms with Gasteiger partial charge >= 0.3 is 17.5 Å². The first kappa shape index (κ1) is 31.1. The number of benzene rings is 2. The summed E-state index contributed by atoms with van der Waals surface area (Å²) in [6.45, 7) is 5.11. The van der Waals surface area contributed by atoms with Gasteiger partial charge in [-0.05, 0) is 44.0 Å². The van der Waals surface area contributed by atoms with Gasteiger partial charge in [-0.1, -0.05) is 24.3 Å². The quantitative estimate of drug-likeness (QED) is 0.275. The first-order chi connectivity index (χ1) is 17.7.